The van der Waals surface area contributed by atoms with E-state index in [-0.39, 0.29) is 0 Å². The summed E-state index contributed by atoms with van der Waals surface area (Å²) in [6.45, 7) is 0. The standard InChI is InChI=1S/C7H12ClN3S/c1-11-5-7(9-10-11)6-12-4-2-3-8/h5H,2-4,6H2,1H3. The summed E-state index contributed by atoms with van der Waals surface area (Å²) in [5, 5.41) is 7.82. The van der Waals surface area contributed by atoms with Gasteiger partial charge in [0.05, 0.1) is 5.69 Å². The number of aryl methyl sites for hydroxylation is 1. The number of thioether (sulfide) groups is 1. The van der Waals surface area contributed by atoms with Crippen LogP contribution in [-0.2, 0) is 12.8 Å². The fraction of sp³-hybridized carbons (Fsp3) is 0.714. The van der Waals surface area contributed by atoms with Gasteiger partial charge < -0.3 is 0 Å². The van der Waals surface area contributed by atoms with E-state index in [0.29, 0.717) is 0 Å². The van der Waals surface area contributed by atoms with Crippen molar-refractivity contribution in [3.05, 3.63) is 11.9 Å². The Morgan fingerprint density at radius 1 is 1.67 bits per heavy atom. The van der Waals surface area contributed by atoms with E-state index in [4.69, 9.17) is 11.6 Å². The van der Waals surface area contributed by atoms with E-state index in [1.54, 1.807) is 4.68 Å². The minimum atomic E-state index is 0.744. The molecule has 0 aliphatic rings. The van der Waals surface area contributed by atoms with Gasteiger partial charge in [-0.2, -0.15) is 11.8 Å². The summed E-state index contributed by atoms with van der Waals surface area (Å²) >= 11 is 7.39. The maximum Gasteiger partial charge on any atom is 0.0925 e. The van der Waals surface area contributed by atoms with Crippen LogP contribution in [0.25, 0.3) is 0 Å². The van der Waals surface area contributed by atoms with Gasteiger partial charge in [0.25, 0.3) is 0 Å². The number of halogens is 1. The summed E-state index contributed by atoms with van der Waals surface area (Å²) in [6.07, 6.45) is 3.00. The van der Waals surface area contributed by atoms with Crippen molar-refractivity contribution in [1.82, 2.24) is 15.0 Å². The van der Waals surface area contributed by atoms with Gasteiger partial charge in [0, 0.05) is 24.9 Å². The van der Waals surface area contributed by atoms with E-state index in [1.807, 2.05) is 25.0 Å². The molecular formula is C7H12ClN3S. The van der Waals surface area contributed by atoms with Gasteiger partial charge in [-0.05, 0) is 12.2 Å². The highest BCUT2D eigenvalue weighted by Crippen LogP contribution is 2.10. The summed E-state index contributed by atoms with van der Waals surface area (Å²) in [5.74, 6) is 2.78. The number of aromatic nitrogens is 3. The highest BCUT2D eigenvalue weighted by molar-refractivity contribution is 7.98. The SMILES string of the molecule is Cn1cc(CSCCCCl)nn1. The molecular weight excluding hydrogens is 194 g/mol. The van der Waals surface area contributed by atoms with Crippen molar-refractivity contribution in [3.8, 4) is 0 Å². The monoisotopic (exact) mass is 205 g/mol. The summed E-state index contributed by atoms with van der Waals surface area (Å²) in [7, 11) is 1.87. The van der Waals surface area contributed by atoms with Crippen molar-refractivity contribution in [2.75, 3.05) is 11.6 Å². The molecule has 0 saturated carbocycles. The average molecular weight is 206 g/mol. The smallest absolute Gasteiger partial charge is 0.0925 e. The summed E-state index contributed by atoms with van der Waals surface area (Å²) in [5.41, 5.74) is 1.04. The Morgan fingerprint density at radius 3 is 3.08 bits per heavy atom. The molecule has 1 rings (SSSR count). The first kappa shape index (κ1) is 9.86. The van der Waals surface area contributed by atoms with Crippen molar-refractivity contribution < 1.29 is 0 Å². The van der Waals surface area contributed by atoms with Gasteiger partial charge in [0.15, 0.2) is 0 Å². The fourth-order valence-electron chi connectivity index (χ4n) is 0.795. The van der Waals surface area contributed by atoms with Gasteiger partial charge in [0.2, 0.25) is 0 Å². The second-order valence-corrected chi connectivity index (χ2v) is 3.96. The van der Waals surface area contributed by atoms with Crippen LogP contribution in [0.5, 0.6) is 0 Å². The molecule has 0 bridgehead atoms. The van der Waals surface area contributed by atoms with Crippen LogP contribution in [0.15, 0.2) is 6.20 Å². The zero-order chi connectivity index (χ0) is 8.81. The molecule has 0 fully saturated rings. The molecule has 0 unspecified atom stereocenters. The summed E-state index contributed by atoms with van der Waals surface area (Å²) in [6, 6.07) is 0. The van der Waals surface area contributed by atoms with Crippen molar-refractivity contribution in [2.45, 2.75) is 12.2 Å². The van der Waals surface area contributed by atoms with Crippen molar-refractivity contribution >= 4 is 23.4 Å². The van der Waals surface area contributed by atoms with Gasteiger partial charge in [-0.15, -0.1) is 16.7 Å². The average Bonchev–Trinajstić information content (AvgIpc) is 2.45. The Balaban J connectivity index is 2.15. The topological polar surface area (TPSA) is 30.7 Å². The van der Waals surface area contributed by atoms with E-state index >= 15 is 0 Å². The van der Waals surface area contributed by atoms with Crippen LogP contribution in [0.2, 0.25) is 0 Å². The molecule has 5 heteroatoms. The molecule has 0 radical (unpaired) electrons. The molecule has 0 spiro atoms. The van der Waals surface area contributed by atoms with E-state index in [1.165, 1.54) is 0 Å². The molecule has 0 N–H and O–H groups in total. The van der Waals surface area contributed by atoms with Gasteiger partial charge in [-0.3, -0.25) is 4.68 Å². The van der Waals surface area contributed by atoms with Gasteiger partial charge in [0.1, 0.15) is 0 Å². The molecule has 1 aromatic rings. The molecule has 3 nitrogen and oxygen atoms in total. The Hall–Kier alpha value is -0.220. The lowest BCUT2D eigenvalue weighted by molar-refractivity contribution is 0.714. The third kappa shape index (κ3) is 3.45. The highest BCUT2D eigenvalue weighted by Gasteiger charge is 1.97. The fourth-order valence-corrected chi connectivity index (χ4v) is 1.92. The van der Waals surface area contributed by atoms with Crippen LogP contribution in [-0.4, -0.2) is 26.6 Å². The first-order valence-corrected chi connectivity index (χ1v) is 5.51. The number of alkyl halides is 1. The van der Waals surface area contributed by atoms with Gasteiger partial charge in [-0.25, -0.2) is 0 Å². The lowest BCUT2D eigenvalue weighted by atomic mass is 10.6. The first-order valence-electron chi connectivity index (χ1n) is 3.82. The van der Waals surface area contributed by atoms with Gasteiger partial charge in [-0.1, -0.05) is 5.21 Å². The highest BCUT2D eigenvalue weighted by atomic mass is 35.5. The van der Waals surface area contributed by atoms with Crippen LogP contribution in [0.3, 0.4) is 0 Å². The molecule has 68 valence electrons. The number of hydrogen-bond acceptors (Lipinski definition) is 3. The quantitative estimate of drug-likeness (QED) is 0.542. The van der Waals surface area contributed by atoms with E-state index in [9.17, 15) is 0 Å². The van der Waals surface area contributed by atoms with E-state index in [0.717, 1.165) is 29.5 Å². The molecule has 0 amide bonds. The van der Waals surface area contributed by atoms with Crippen LogP contribution >= 0.6 is 23.4 Å². The maximum absolute atomic E-state index is 5.54. The van der Waals surface area contributed by atoms with Crippen LogP contribution < -0.4 is 0 Å². The summed E-state index contributed by atoms with van der Waals surface area (Å²) < 4.78 is 1.72. The number of rotatable bonds is 5. The third-order valence-corrected chi connectivity index (χ3v) is 2.67. The van der Waals surface area contributed by atoms with Crippen molar-refractivity contribution in [3.63, 3.8) is 0 Å². The van der Waals surface area contributed by atoms with Crippen LogP contribution in [0, 0.1) is 0 Å². The summed E-state index contributed by atoms with van der Waals surface area (Å²) in [4.78, 5) is 0. The second kappa shape index (κ2) is 5.43. The van der Waals surface area contributed by atoms with Crippen LogP contribution in [0.1, 0.15) is 12.1 Å². The molecule has 0 aliphatic heterocycles. The molecule has 0 saturated heterocycles. The molecule has 0 aromatic carbocycles. The lowest BCUT2D eigenvalue weighted by Crippen LogP contribution is -1.85. The van der Waals surface area contributed by atoms with E-state index < -0.39 is 0 Å². The molecule has 0 atom stereocenters. The zero-order valence-electron chi connectivity index (χ0n) is 7.03. The van der Waals surface area contributed by atoms with Crippen molar-refractivity contribution in [2.24, 2.45) is 7.05 Å². The number of nitrogens with zero attached hydrogens (tertiary/aromatic N) is 3. The first-order chi connectivity index (χ1) is 5.83. The lowest BCUT2D eigenvalue weighted by Gasteiger charge is -1.94. The predicted octanol–water partition coefficient (Wildman–Crippen LogP) is 1.68. The third-order valence-electron chi connectivity index (χ3n) is 1.32. The minimum absolute atomic E-state index is 0.744. The Morgan fingerprint density at radius 2 is 2.50 bits per heavy atom. The molecule has 0 aliphatic carbocycles. The molecule has 1 aromatic heterocycles. The van der Waals surface area contributed by atoms with Crippen molar-refractivity contribution in [1.29, 1.82) is 0 Å². The van der Waals surface area contributed by atoms with E-state index in [2.05, 4.69) is 10.3 Å². The maximum atomic E-state index is 5.54. The predicted molar refractivity (Wildman–Crippen MR) is 52.5 cm³/mol. The largest absolute Gasteiger partial charge is 0.255 e. The Bertz CT molecular complexity index is 226. The normalized spacial score (nSPS) is 10.5. The number of hydrogen-bond donors (Lipinski definition) is 0. The van der Waals surface area contributed by atoms with Gasteiger partial charge >= 0.3 is 0 Å². The molecule has 1 heterocycles. The Kier molecular flexibility index (Phi) is 4.46. The van der Waals surface area contributed by atoms with Crippen LogP contribution in [0.4, 0.5) is 0 Å². The second-order valence-electron chi connectivity index (χ2n) is 2.48. The molecule has 12 heavy (non-hydrogen) atoms. The Labute approximate surface area is 81.5 Å². The minimum Gasteiger partial charge on any atom is -0.255 e. The zero-order valence-corrected chi connectivity index (χ0v) is 8.61.